The molecule has 1 aromatic heterocycles. The van der Waals surface area contributed by atoms with Crippen LogP contribution in [0.15, 0.2) is 66.7 Å². The second-order valence-corrected chi connectivity index (χ2v) is 9.16. The van der Waals surface area contributed by atoms with Crippen LogP contribution in [0.2, 0.25) is 0 Å². The third kappa shape index (κ3) is 7.60. The van der Waals surface area contributed by atoms with Crippen molar-refractivity contribution in [2.45, 2.75) is 37.8 Å². The molecule has 1 unspecified atom stereocenters. The fraction of sp³-hybridized carbons (Fsp3) is 0.286. The summed E-state index contributed by atoms with van der Waals surface area (Å²) in [4.78, 5) is 16.3. The lowest BCUT2D eigenvalue weighted by Gasteiger charge is -2.11. The lowest BCUT2D eigenvalue weighted by atomic mass is 10.0. The molecule has 0 aliphatic carbocycles. The minimum absolute atomic E-state index is 0.334. The van der Waals surface area contributed by atoms with Gasteiger partial charge in [0.05, 0.1) is 22.7 Å². The first-order valence-corrected chi connectivity index (χ1v) is 12.3. The van der Waals surface area contributed by atoms with Crippen LogP contribution in [0.1, 0.15) is 24.0 Å². The minimum Gasteiger partial charge on any atom is -0.475 e. The average molecular weight is 566 g/mol. The number of imidazole rings is 1. The maximum atomic E-state index is 13.0. The molecule has 0 spiro atoms. The lowest BCUT2D eigenvalue weighted by Crippen LogP contribution is -2.25. The highest BCUT2D eigenvalue weighted by atomic mass is 19.4. The number of nitrogens with zero attached hydrogens (tertiary/aromatic N) is 1. The van der Waals surface area contributed by atoms with Crippen LogP contribution in [0.4, 0.5) is 26.3 Å². The molecule has 0 amide bonds. The number of hydrogen-bond acceptors (Lipinski definition) is 4. The summed E-state index contributed by atoms with van der Waals surface area (Å²) >= 11 is 0. The predicted molar refractivity (Wildman–Crippen MR) is 136 cm³/mol. The normalized spacial score (nSPS) is 15.6. The summed E-state index contributed by atoms with van der Waals surface area (Å²) in [6.07, 6.45) is -6.85. The molecule has 5 rings (SSSR count). The minimum atomic E-state index is -5.08. The Labute approximate surface area is 225 Å². The highest BCUT2D eigenvalue weighted by Gasteiger charge is 2.38. The molecule has 0 bridgehead atoms. The van der Waals surface area contributed by atoms with Crippen molar-refractivity contribution in [3.8, 4) is 22.5 Å². The van der Waals surface area contributed by atoms with E-state index in [1.54, 1.807) is 0 Å². The number of alkyl halides is 6. The molecule has 1 fully saturated rings. The Morgan fingerprint density at radius 2 is 1.55 bits per heavy atom. The van der Waals surface area contributed by atoms with Crippen LogP contribution in [-0.2, 0) is 22.3 Å². The number of carbonyl (C=O) groups is 1. The first-order chi connectivity index (χ1) is 18.9. The van der Waals surface area contributed by atoms with Gasteiger partial charge in [0.15, 0.2) is 0 Å². The molecule has 4 aromatic rings. The Morgan fingerprint density at radius 1 is 0.950 bits per heavy atom. The number of aromatic amines is 1. The molecule has 1 aliphatic rings. The smallest absolute Gasteiger partial charge is 0.475 e. The van der Waals surface area contributed by atoms with Gasteiger partial charge in [0.25, 0.3) is 0 Å². The molecule has 1 saturated heterocycles. The average Bonchev–Trinajstić information content (AvgIpc) is 3.58. The molecule has 0 saturated carbocycles. The number of carboxylic acid groups (broad SMARTS) is 1. The van der Waals surface area contributed by atoms with Crippen LogP contribution in [0.25, 0.3) is 33.5 Å². The quantitative estimate of drug-likeness (QED) is 0.224. The number of fused-ring (bicyclic) bond motifs is 1. The molecule has 12 heteroatoms. The van der Waals surface area contributed by atoms with Gasteiger partial charge in [0, 0.05) is 25.3 Å². The van der Waals surface area contributed by atoms with Crippen LogP contribution < -0.4 is 5.32 Å². The van der Waals surface area contributed by atoms with Crippen molar-refractivity contribution in [1.29, 1.82) is 0 Å². The molecule has 2 heterocycles. The highest BCUT2D eigenvalue weighted by Crippen LogP contribution is 2.32. The second-order valence-electron chi connectivity index (χ2n) is 9.16. The number of halogens is 6. The fourth-order valence-corrected chi connectivity index (χ4v) is 4.14. The SMILES string of the molecule is FC(F)(F)c1ccc2nc(-c3ccc(-c4ccc(CNCC5CCCO5)cc4)cc3)[nH]c2c1.O=C(O)C(F)(F)F. The van der Waals surface area contributed by atoms with Gasteiger partial charge in [0.1, 0.15) is 5.82 Å². The summed E-state index contributed by atoms with van der Waals surface area (Å²) in [6, 6.07) is 19.8. The zero-order chi connectivity index (χ0) is 28.9. The number of hydrogen-bond donors (Lipinski definition) is 3. The molecule has 3 aromatic carbocycles. The number of aromatic nitrogens is 2. The maximum Gasteiger partial charge on any atom is 0.490 e. The van der Waals surface area contributed by atoms with E-state index in [4.69, 9.17) is 14.6 Å². The molecule has 1 atom stereocenters. The molecule has 3 N–H and O–H groups in total. The largest absolute Gasteiger partial charge is 0.490 e. The van der Waals surface area contributed by atoms with Gasteiger partial charge in [-0.05, 0) is 47.7 Å². The molecule has 40 heavy (non-hydrogen) atoms. The van der Waals surface area contributed by atoms with Crippen LogP contribution in [0.3, 0.4) is 0 Å². The molecule has 212 valence electrons. The van der Waals surface area contributed by atoms with Gasteiger partial charge >= 0.3 is 18.3 Å². The van der Waals surface area contributed by atoms with E-state index in [9.17, 15) is 26.3 Å². The summed E-state index contributed by atoms with van der Waals surface area (Å²) in [5, 5.41) is 10.6. The van der Waals surface area contributed by atoms with Gasteiger partial charge in [-0.2, -0.15) is 26.3 Å². The number of carboxylic acids is 1. The van der Waals surface area contributed by atoms with Crippen LogP contribution in [-0.4, -0.2) is 46.5 Å². The summed E-state index contributed by atoms with van der Waals surface area (Å²) in [5.74, 6) is -2.21. The van der Waals surface area contributed by atoms with Gasteiger partial charge in [0.2, 0.25) is 0 Å². The lowest BCUT2D eigenvalue weighted by molar-refractivity contribution is -0.192. The Kier molecular flexibility index (Phi) is 8.79. The molecule has 0 radical (unpaired) electrons. The Balaban J connectivity index is 0.000000470. The zero-order valence-corrected chi connectivity index (χ0v) is 20.9. The predicted octanol–water partition coefficient (Wildman–Crippen LogP) is 6.82. The molecular formula is C28H25F6N3O3. The van der Waals surface area contributed by atoms with E-state index in [0.717, 1.165) is 61.4 Å². The first-order valence-electron chi connectivity index (χ1n) is 12.3. The van der Waals surface area contributed by atoms with Crippen molar-refractivity contribution in [1.82, 2.24) is 15.3 Å². The van der Waals surface area contributed by atoms with Crippen molar-refractivity contribution in [3.63, 3.8) is 0 Å². The van der Waals surface area contributed by atoms with Crippen LogP contribution in [0.5, 0.6) is 0 Å². The van der Waals surface area contributed by atoms with E-state index in [1.807, 2.05) is 24.3 Å². The standard InChI is InChI=1S/C26H24F3N3O.C2HF3O2/c27-26(28,29)21-11-12-23-24(14-21)32-25(31-23)20-9-7-19(8-10-20)18-5-3-17(4-6-18)15-30-16-22-2-1-13-33-22;3-2(4,5)1(6)7/h3-12,14,22,30H,1-2,13,15-16H2,(H,31,32);(H,6,7). The molecular weight excluding hydrogens is 540 g/mol. The van der Waals surface area contributed by atoms with E-state index in [1.165, 1.54) is 11.6 Å². The van der Waals surface area contributed by atoms with Crippen LogP contribution in [0, 0.1) is 0 Å². The summed E-state index contributed by atoms with van der Waals surface area (Å²) < 4.78 is 76.2. The Morgan fingerprint density at radius 3 is 2.10 bits per heavy atom. The summed E-state index contributed by atoms with van der Waals surface area (Å²) in [6.45, 7) is 2.55. The van der Waals surface area contributed by atoms with E-state index in [2.05, 4.69) is 39.6 Å². The maximum absolute atomic E-state index is 13.0. The van der Waals surface area contributed by atoms with E-state index >= 15 is 0 Å². The third-order valence-electron chi connectivity index (χ3n) is 6.22. The number of ether oxygens (including phenoxy) is 1. The van der Waals surface area contributed by atoms with E-state index < -0.39 is 23.9 Å². The zero-order valence-electron chi connectivity index (χ0n) is 20.9. The fourth-order valence-electron chi connectivity index (χ4n) is 4.14. The van der Waals surface area contributed by atoms with E-state index in [-0.39, 0.29) is 0 Å². The van der Waals surface area contributed by atoms with Gasteiger partial charge in [-0.25, -0.2) is 9.78 Å². The summed E-state index contributed by atoms with van der Waals surface area (Å²) in [5.41, 5.74) is 4.38. The first kappa shape index (κ1) is 29.1. The number of rotatable bonds is 6. The molecule has 6 nitrogen and oxygen atoms in total. The number of nitrogens with one attached hydrogen (secondary N) is 2. The number of benzene rings is 3. The van der Waals surface area contributed by atoms with Gasteiger partial charge in [-0.3, -0.25) is 0 Å². The van der Waals surface area contributed by atoms with Gasteiger partial charge < -0.3 is 20.1 Å². The van der Waals surface area contributed by atoms with Crippen molar-refractivity contribution < 1.29 is 41.0 Å². The highest BCUT2D eigenvalue weighted by molar-refractivity contribution is 5.80. The van der Waals surface area contributed by atoms with Gasteiger partial charge in [-0.1, -0.05) is 48.5 Å². The Bertz CT molecular complexity index is 1430. The van der Waals surface area contributed by atoms with Crippen molar-refractivity contribution in [2.75, 3.05) is 13.2 Å². The van der Waals surface area contributed by atoms with Crippen molar-refractivity contribution in [3.05, 3.63) is 77.9 Å². The number of H-pyrrole nitrogens is 1. The Hall–Kier alpha value is -3.90. The monoisotopic (exact) mass is 565 g/mol. The molecule has 1 aliphatic heterocycles. The second kappa shape index (κ2) is 12.1. The van der Waals surface area contributed by atoms with Crippen molar-refractivity contribution >= 4 is 17.0 Å². The van der Waals surface area contributed by atoms with Gasteiger partial charge in [-0.15, -0.1) is 0 Å². The van der Waals surface area contributed by atoms with E-state index in [0.29, 0.717) is 23.0 Å². The van der Waals surface area contributed by atoms with Crippen molar-refractivity contribution in [2.24, 2.45) is 0 Å². The summed E-state index contributed by atoms with van der Waals surface area (Å²) in [7, 11) is 0. The third-order valence-corrected chi connectivity index (χ3v) is 6.22. The topological polar surface area (TPSA) is 87.2 Å². The number of aliphatic carboxylic acids is 1. The van der Waals surface area contributed by atoms with Crippen LogP contribution >= 0.6 is 0 Å².